The van der Waals surface area contributed by atoms with Crippen LogP contribution in [-0.4, -0.2) is 24.1 Å². The Bertz CT molecular complexity index is 660. The summed E-state index contributed by atoms with van der Waals surface area (Å²) in [4.78, 5) is 12.0. The fourth-order valence-corrected chi connectivity index (χ4v) is 5.14. The molecule has 0 aliphatic carbocycles. The monoisotopic (exact) mass is 342 g/mol. The first-order valence-corrected chi connectivity index (χ1v) is 9.64. The number of carbonyl (C=O) groups is 1. The molecule has 1 aliphatic rings. The van der Waals surface area contributed by atoms with Crippen LogP contribution in [0, 0.1) is 0 Å². The van der Waals surface area contributed by atoms with E-state index in [1.54, 1.807) is 0 Å². The molecule has 0 bridgehead atoms. The molecular formula is C19H18O2S2. The van der Waals surface area contributed by atoms with E-state index in [-0.39, 0.29) is 12.6 Å². The van der Waals surface area contributed by atoms with E-state index in [0.717, 1.165) is 5.56 Å². The highest BCUT2D eigenvalue weighted by Gasteiger charge is 2.18. The second-order valence-electron chi connectivity index (χ2n) is 5.11. The van der Waals surface area contributed by atoms with E-state index in [2.05, 4.69) is 0 Å². The van der Waals surface area contributed by atoms with E-state index in [0.29, 0.717) is 10.1 Å². The van der Waals surface area contributed by atoms with Crippen molar-refractivity contribution in [2.24, 2.45) is 0 Å². The first-order chi connectivity index (χ1) is 11.3. The highest BCUT2D eigenvalue weighted by molar-refractivity contribution is 8.19. The highest BCUT2D eigenvalue weighted by Crippen LogP contribution is 2.45. The van der Waals surface area contributed by atoms with E-state index in [1.165, 1.54) is 17.1 Å². The van der Waals surface area contributed by atoms with Crippen molar-refractivity contribution in [2.75, 3.05) is 18.1 Å². The summed E-state index contributed by atoms with van der Waals surface area (Å²) in [5.74, 6) is 2.13. The lowest BCUT2D eigenvalue weighted by molar-refractivity contribution is 0.0550. The minimum atomic E-state index is -0.277. The Kier molecular flexibility index (Phi) is 5.83. The Balaban J connectivity index is 1.51. The van der Waals surface area contributed by atoms with Crippen LogP contribution in [0.3, 0.4) is 0 Å². The molecule has 0 N–H and O–H groups in total. The molecule has 0 amide bonds. The summed E-state index contributed by atoms with van der Waals surface area (Å²) in [5.41, 5.74) is 2.98. The van der Waals surface area contributed by atoms with E-state index in [4.69, 9.17) is 4.74 Å². The molecule has 23 heavy (non-hydrogen) atoms. The van der Waals surface area contributed by atoms with Crippen LogP contribution in [0.2, 0.25) is 0 Å². The van der Waals surface area contributed by atoms with E-state index < -0.39 is 0 Å². The zero-order valence-corrected chi connectivity index (χ0v) is 14.3. The summed E-state index contributed by atoms with van der Waals surface area (Å²) in [6, 6.07) is 17.7. The Morgan fingerprint density at radius 1 is 1.04 bits per heavy atom. The second-order valence-corrected chi connectivity index (χ2v) is 7.83. The van der Waals surface area contributed by atoms with Crippen LogP contribution in [0.1, 0.15) is 26.1 Å². The average Bonchev–Trinajstić information content (AvgIpc) is 3.14. The molecule has 4 heteroatoms. The minimum absolute atomic E-state index is 0.277. The second kappa shape index (κ2) is 8.27. The molecule has 0 radical (unpaired) electrons. The van der Waals surface area contributed by atoms with E-state index >= 15 is 0 Å². The van der Waals surface area contributed by atoms with Crippen molar-refractivity contribution < 1.29 is 9.53 Å². The number of hydrogen-bond acceptors (Lipinski definition) is 4. The molecule has 1 fully saturated rings. The Hall–Kier alpha value is -1.65. The first kappa shape index (κ1) is 16.2. The molecule has 3 rings (SSSR count). The van der Waals surface area contributed by atoms with Gasteiger partial charge in [-0.05, 0) is 29.3 Å². The number of carbonyl (C=O) groups excluding carboxylic acids is 1. The number of rotatable bonds is 5. The normalized spacial score (nSPS) is 15.1. The zero-order valence-electron chi connectivity index (χ0n) is 12.7. The fraction of sp³-hybridized carbons (Fsp3) is 0.211. The highest BCUT2D eigenvalue weighted by atomic mass is 32.2. The summed E-state index contributed by atoms with van der Waals surface area (Å²) in [7, 11) is 0. The molecule has 0 saturated carbocycles. The molecule has 0 spiro atoms. The Morgan fingerprint density at radius 3 is 2.43 bits per heavy atom. The van der Waals surface area contributed by atoms with Crippen LogP contribution in [0.5, 0.6) is 0 Å². The van der Waals surface area contributed by atoms with Crippen LogP contribution >= 0.6 is 23.5 Å². The Labute approximate surface area is 145 Å². The molecule has 1 saturated heterocycles. The van der Waals surface area contributed by atoms with Gasteiger partial charge >= 0.3 is 5.97 Å². The number of thioether (sulfide) groups is 2. The van der Waals surface area contributed by atoms with E-state index in [1.807, 2.05) is 90.3 Å². The zero-order chi connectivity index (χ0) is 15.9. The van der Waals surface area contributed by atoms with Gasteiger partial charge in [-0.2, -0.15) is 0 Å². The predicted octanol–water partition coefficient (Wildman–Crippen LogP) is 5.04. The van der Waals surface area contributed by atoms with Crippen LogP contribution in [0.4, 0.5) is 0 Å². The number of esters is 1. The van der Waals surface area contributed by atoms with Gasteiger partial charge in [0.05, 0.1) is 10.1 Å². The molecule has 1 heterocycles. The summed E-state index contributed by atoms with van der Waals surface area (Å²) >= 11 is 3.92. The van der Waals surface area contributed by atoms with E-state index in [9.17, 15) is 4.79 Å². The molecule has 118 valence electrons. The summed E-state index contributed by atoms with van der Waals surface area (Å²) < 4.78 is 5.79. The van der Waals surface area contributed by atoms with Gasteiger partial charge in [0, 0.05) is 11.5 Å². The van der Waals surface area contributed by atoms with Gasteiger partial charge in [0.25, 0.3) is 0 Å². The van der Waals surface area contributed by atoms with Crippen molar-refractivity contribution in [3.8, 4) is 0 Å². The van der Waals surface area contributed by atoms with Gasteiger partial charge in [0.1, 0.15) is 6.61 Å². The molecule has 2 aromatic carbocycles. The van der Waals surface area contributed by atoms with Gasteiger partial charge in [0.2, 0.25) is 0 Å². The quantitative estimate of drug-likeness (QED) is 0.712. The van der Waals surface area contributed by atoms with Gasteiger partial charge in [-0.1, -0.05) is 48.5 Å². The summed E-state index contributed by atoms with van der Waals surface area (Å²) in [6.45, 7) is 0.282. The van der Waals surface area contributed by atoms with Crippen LogP contribution < -0.4 is 0 Å². The number of benzene rings is 2. The summed E-state index contributed by atoms with van der Waals surface area (Å²) in [6.07, 6.45) is 3.80. The van der Waals surface area contributed by atoms with Crippen LogP contribution in [0.15, 0.2) is 60.7 Å². The predicted molar refractivity (Wildman–Crippen MR) is 99.9 cm³/mol. The first-order valence-electron chi connectivity index (χ1n) is 7.55. The number of hydrogen-bond donors (Lipinski definition) is 0. The topological polar surface area (TPSA) is 26.3 Å². The molecule has 0 aromatic heterocycles. The third kappa shape index (κ3) is 4.66. The molecule has 1 aliphatic heterocycles. The Morgan fingerprint density at radius 2 is 1.74 bits per heavy atom. The van der Waals surface area contributed by atoms with Crippen molar-refractivity contribution >= 4 is 35.6 Å². The lowest BCUT2D eigenvalue weighted by atomic mass is 10.1. The fourth-order valence-electron chi connectivity index (χ4n) is 2.28. The smallest absolute Gasteiger partial charge is 0.338 e. The minimum Gasteiger partial charge on any atom is -0.458 e. The molecule has 0 atom stereocenters. The van der Waals surface area contributed by atoms with Gasteiger partial charge in [0.15, 0.2) is 0 Å². The SMILES string of the molecule is O=C(OCC=Cc1ccccc1)c1ccc(C2SCCS2)cc1. The molecule has 2 nitrogen and oxygen atoms in total. The summed E-state index contributed by atoms with van der Waals surface area (Å²) in [5, 5.41) is 0. The maximum absolute atomic E-state index is 12.0. The maximum atomic E-state index is 12.0. The van der Waals surface area contributed by atoms with Gasteiger partial charge < -0.3 is 4.74 Å². The van der Waals surface area contributed by atoms with Crippen molar-refractivity contribution in [1.82, 2.24) is 0 Å². The molecule has 2 aromatic rings. The third-order valence-corrected chi connectivity index (χ3v) is 6.57. The standard InChI is InChI=1S/C19H18O2S2/c20-18(21-12-4-7-15-5-2-1-3-6-15)16-8-10-17(11-9-16)19-22-13-14-23-19/h1-11,19H,12-14H2. The van der Waals surface area contributed by atoms with Crippen molar-refractivity contribution in [1.29, 1.82) is 0 Å². The van der Waals surface area contributed by atoms with Crippen molar-refractivity contribution in [3.05, 3.63) is 77.4 Å². The lowest BCUT2D eigenvalue weighted by Gasteiger charge is -2.08. The van der Waals surface area contributed by atoms with Crippen LogP contribution in [-0.2, 0) is 4.74 Å². The molecule has 0 unspecified atom stereocenters. The van der Waals surface area contributed by atoms with Gasteiger partial charge in [-0.25, -0.2) is 4.79 Å². The molecular weight excluding hydrogens is 324 g/mol. The van der Waals surface area contributed by atoms with Gasteiger partial charge in [-0.3, -0.25) is 0 Å². The number of ether oxygens (including phenoxy) is 1. The van der Waals surface area contributed by atoms with Crippen molar-refractivity contribution in [2.45, 2.75) is 4.58 Å². The third-order valence-electron chi connectivity index (χ3n) is 3.46. The largest absolute Gasteiger partial charge is 0.458 e. The van der Waals surface area contributed by atoms with Crippen LogP contribution in [0.25, 0.3) is 6.08 Å². The maximum Gasteiger partial charge on any atom is 0.338 e. The van der Waals surface area contributed by atoms with Crippen molar-refractivity contribution in [3.63, 3.8) is 0 Å². The van der Waals surface area contributed by atoms with Gasteiger partial charge in [-0.15, -0.1) is 23.5 Å². The average molecular weight is 342 g/mol. The lowest BCUT2D eigenvalue weighted by Crippen LogP contribution is -2.05.